The molecule has 0 atom stereocenters. The third-order valence-electron chi connectivity index (χ3n) is 5.10. The largest absolute Gasteiger partial charge is 0.330 e. The standard InChI is InChI=1S/C25H21N2S/c1-26-15-13-19(14-16-26)17-24-27(18-20-7-3-2-4-8-20)23-12-11-21-9-5-6-10-22(21)25(23)28-24/h2-17H,18H2,1H3/q+1. The summed E-state index contributed by atoms with van der Waals surface area (Å²) in [6.45, 7) is 0.867. The Morgan fingerprint density at radius 1 is 0.857 bits per heavy atom. The third kappa shape index (κ3) is 3.19. The van der Waals surface area contributed by atoms with E-state index in [1.165, 1.54) is 37.5 Å². The molecular formula is C25H21N2S+. The van der Waals surface area contributed by atoms with Crippen molar-refractivity contribution in [1.29, 1.82) is 0 Å². The van der Waals surface area contributed by atoms with Crippen molar-refractivity contribution in [2.75, 3.05) is 4.90 Å². The van der Waals surface area contributed by atoms with Gasteiger partial charge in [-0.05, 0) is 34.0 Å². The van der Waals surface area contributed by atoms with E-state index in [0.717, 1.165) is 6.54 Å². The molecule has 1 aliphatic heterocycles. The molecule has 0 bridgehead atoms. The summed E-state index contributed by atoms with van der Waals surface area (Å²) < 4.78 is 2.06. The van der Waals surface area contributed by atoms with Crippen LogP contribution in [0.1, 0.15) is 11.1 Å². The Morgan fingerprint density at radius 3 is 2.43 bits per heavy atom. The van der Waals surface area contributed by atoms with Gasteiger partial charge in [0.05, 0.1) is 10.7 Å². The fourth-order valence-corrected chi connectivity index (χ4v) is 4.87. The number of benzene rings is 3. The first-order chi connectivity index (χ1) is 13.8. The van der Waals surface area contributed by atoms with Gasteiger partial charge >= 0.3 is 0 Å². The fraction of sp³-hybridized carbons (Fsp3) is 0.0800. The summed E-state index contributed by atoms with van der Waals surface area (Å²) in [5, 5.41) is 3.89. The van der Waals surface area contributed by atoms with Gasteiger partial charge in [-0.1, -0.05) is 72.4 Å². The van der Waals surface area contributed by atoms with Crippen LogP contribution in [0, 0.1) is 0 Å². The fourth-order valence-electron chi connectivity index (χ4n) is 3.62. The molecule has 0 spiro atoms. The van der Waals surface area contributed by atoms with Crippen LogP contribution in [-0.4, -0.2) is 0 Å². The van der Waals surface area contributed by atoms with Crippen molar-refractivity contribution in [3.63, 3.8) is 0 Å². The van der Waals surface area contributed by atoms with Crippen molar-refractivity contribution in [2.24, 2.45) is 7.05 Å². The molecule has 2 nitrogen and oxygen atoms in total. The second-order valence-corrected chi connectivity index (χ2v) is 8.12. The molecule has 0 saturated carbocycles. The molecule has 1 aliphatic rings. The predicted octanol–water partition coefficient (Wildman–Crippen LogP) is 5.78. The second-order valence-electron chi connectivity index (χ2n) is 7.09. The van der Waals surface area contributed by atoms with Crippen LogP contribution in [0.2, 0.25) is 0 Å². The Balaban J connectivity index is 1.62. The summed E-state index contributed by atoms with van der Waals surface area (Å²) in [5.74, 6) is 0. The Hall–Kier alpha value is -3.04. The van der Waals surface area contributed by atoms with Crippen molar-refractivity contribution in [3.05, 3.63) is 107 Å². The average molecular weight is 382 g/mol. The van der Waals surface area contributed by atoms with E-state index in [1.807, 2.05) is 18.8 Å². The minimum atomic E-state index is 0.867. The summed E-state index contributed by atoms with van der Waals surface area (Å²) in [7, 11) is 2.05. The topological polar surface area (TPSA) is 7.12 Å². The molecule has 0 radical (unpaired) electrons. The molecule has 1 aromatic heterocycles. The first-order valence-electron chi connectivity index (χ1n) is 9.46. The lowest BCUT2D eigenvalue weighted by molar-refractivity contribution is -0.671. The number of fused-ring (bicyclic) bond motifs is 3. The van der Waals surface area contributed by atoms with E-state index in [2.05, 4.69) is 107 Å². The van der Waals surface area contributed by atoms with E-state index in [0.29, 0.717) is 0 Å². The molecule has 2 heterocycles. The highest BCUT2D eigenvalue weighted by atomic mass is 32.2. The number of thioether (sulfide) groups is 1. The van der Waals surface area contributed by atoms with E-state index in [1.54, 1.807) is 0 Å². The van der Waals surface area contributed by atoms with Crippen LogP contribution in [0.3, 0.4) is 0 Å². The van der Waals surface area contributed by atoms with Crippen molar-refractivity contribution in [2.45, 2.75) is 11.4 Å². The molecule has 28 heavy (non-hydrogen) atoms. The van der Waals surface area contributed by atoms with Crippen LogP contribution < -0.4 is 9.47 Å². The molecular weight excluding hydrogens is 360 g/mol. The van der Waals surface area contributed by atoms with Crippen molar-refractivity contribution >= 4 is 34.3 Å². The lowest BCUT2D eigenvalue weighted by Gasteiger charge is -2.21. The predicted molar refractivity (Wildman–Crippen MR) is 118 cm³/mol. The van der Waals surface area contributed by atoms with Gasteiger partial charge in [0.1, 0.15) is 7.05 Å². The van der Waals surface area contributed by atoms with E-state index in [4.69, 9.17) is 0 Å². The average Bonchev–Trinajstić information content (AvgIpc) is 3.08. The van der Waals surface area contributed by atoms with Gasteiger partial charge in [-0.25, -0.2) is 4.57 Å². The van der Waals surface area contributed by atoms with Gasteiger partial charge in [-0.2, -0.15) is 0 Å². The maximum Gasteiger partial charge on any atom is 0.169 e. The van der Waals surface area contributed by atoms with E-state index in [-0.39, 0.29) is 0 Å². The second kappa shape index (κ2) is 7.17. The SMILES string of the molecule is C[n+]1ccc(/C=C2\Sc3c(ccc4ccccc34)N2Cc2ccccc2)cc1. The molecule has 0 unspecified atom stereocenters. The summed E-state index contributed by atoms with van der Waals surface area (Å²) in [4.78, 5) is 3.79. The number of hydrogen-bond acceptors (Lipinski definition) is 2. The number of aryl methyl sites for hydroxylation is 1. The minimum Gasteiger partial charge on any atom is -0.330 e. The molecule has 3 heteroatoms. The minimum absolute atomic E-state index is 0.867. The van der Waals surface area contributed by atoms with E-state index in [9.17, 15) is 0 Å². The number of pyridine rings is 1. The highest BCUT2D eigenvalue weighted by molar-refractivity contribution is 8.04. The van der Waals surface area contributed by atoms with E-state index < -0.39 is 0 Å². The summed E-state index contributed by atoms with van der Waals surface area (Å²) in [6.07, 6.45) is 6.48. The molecule has 0 amide bonds. The zero-order chi connectivity index (χ0) is 18.9. The molecule has 3 aromatic carbocycles. The normalized spacial score (nSPS) is 14.6. The number of nitrogens with zero attached hydrogens (tertiary/aromatic N) is 2. The van der Waals surface area contributed by atoms with Gasteiger partial charge in [0, 0.05) is 23.6 Å². The van der Waals surface area contributed by atoms with Gasteiger partial charge in [-0.3, -0.25) is 0 Å². The van der Waals surface area contributed by atoms with Gasteiger partial charge < -0.3 is 4.90 Å². The Bertz CT molecular complexity index is 1160. The zero-order valence-corrected chi connectivity index (χ0v) is 16.6. The van der Waals surface area contributed by atoms with Crippen LogP contribution in [-0.2, 0) is 13.6 Å². The zero-order valence-electron chi connectivity index (χ0n) is 15.7. The lowest BCUT2D eigenvalue weighted by Crippen LogP contribution is -2.25. The molecule has 0 aliphatic carbocycles. The molecule has 4 aromatic rings. The number of aromatic nitrogens is 1. The molecule has 0 saturated heterocycles. The quantitative estimate of drug-likeness (QED) is 0.416. The molecule has 136 valence electrons. The van der Waals surface area contributed by atoms with Gasteiger partial charge in [0.25, 0.3) is 0 Å². The Morgan fingerprint density at radius 2 is 1.61 bits per heavy atom. The number of rotatable bonds is 3. The summed E-state index contributed by atoms with van der Waals surface area (Å²) in [6, 6.07) is 28.2. The first kappa shape index (κ1) is 17.1. The molecule has 0 fully saturated rings. The van der Waals surface area contributed by atoms with Crippen LogP contribution >= 0.6 is 11.8 Å². The molecule has 0 N–H and O–H groups in total. The highest BCUT2D eigenvalue weighted by Gasteiger charge is 2.27. The van der Waals surface area contributed by atoms with Gasteiger partial charge in [0.2, 0.25) is 0 Å². The maximum atomic E-state index is 2.44. The van der Waals surface area contributed by atoms with E-state index >= 15 is 0 Å². The van der Waals surface area contributed by atoms with Crippen LogP contribution in [0.25, 0.3) is 16.8 Å². The van der Waals surface area contributed by atoms with Crippen LogP contribution in [0.4, 0.5) is 5.69 Å². The number of anilines is 1. The number of hydrogen-bond donors (Lipinski definition) is 0. The highest BCUT2D eigenvalue weighted by Crippen LogP contribution is 2.50. The van der Waals surface area contributed by atoms with Gasteiger partial charge in [0.15, 0.2) is 12.4 Å². The smallest absolute Gasteiger partial charge is 0.169 e. The third-order valence-corrected chi connectivity index (χ3v) is 6.28. The van der Waals surface area contributed by atoms with Crippen molar-refractivity contribution in [1.82, 2.24) is 0 Å². The summed E-state index contributed by atoms with van der Waals surface area (Å²) in [5.41, 5.74) is 3.82. The monoisotopic (exact) mass is 381 g/mol. The maximum absolute atomic E-state index is 2.44. The van der Waals surface area contributed by atoms with Gasteiger partial charge in [-0.15, -0.1) is 0 Å². The van der Waals surface area contributed by atoms with Crippen molar-refractivity contribution < 1.29 is 4.57 Å². The Labute approximate surface area is 169 Å². The van der Waals surface area contributed by atoms with Crippen molar-refractivity contribution in [3.8, 4) is 0 Å². The summed E-state index contributed by atoms with van der Waals surface area (Å²) >= 11 is 1.87. The Kier molecular flexibility index (Phi) is 4.38. The lowest BCUT2D eigenvalue weighted by atomic mass is 10.1. The van der Waals surface area contributed by atoms with Crippen LogP contribution in [0.5, 0.6) is 0 Å². The van der Waals surface area contributed by atoms with Crippen LogP contribution in [0.15, 0.2) is 101 Å². The molecule has 5 rings (SSSR count). The first-order valence-corrected chi connectivity index (χ1v) is 10.3.